The minimum atomic E-state index is -0.265. The summed E-state index contributed by atoms with van der Waals surface area (Å²) in [5.41, 5.74) is 5.08. The molecule has 4 rings (SSSR count). The number of hydrogen-bond donors (Lipinski definition) is 0. The molecule has 2 unspecified atom stereocenters. The van der Waals surface area contributed by atoms with E-state index in [1.165, 1.54) is 0 Å². The molecule has 0 radical (unpaired) electrons. The number of benzene rings is 1. The molecular formula is C28H30O2. The second kappa shape index (κ2) is 6.91. The monoisotopic (exact) mass is 398 g/mol. The van der Waals surface area contributed by atoms with Crippen LogP contribution in [0.3, 0.4) is 0 Å². The van der Waals surface area contributed by atoms with Gasteiger partial charge in [-0.1, -0.05) is 96.2 Å². The third kappa shape index (κ3) is 3.29. The highest BCUT2D eigenvalue weighted by Gasteiger charge is 2.40. The van der Waals surface area contributed by atoms with Gasteiger partial charge in [0.25, 0.3) is 0 Å². The smallest absolute Gasteiger partial charge is 0.190 e. The zero-order valence-corrected chi connectivity index (χ0v) is 18.7. The van der Waals surface area contributed by atoms with Crippen molar-refractivity contribution >= 4 is 17.1 Å². The topological polar surface area (TPSA) is 34.1 Å². The molecule has 0 amide bonds. The molecule has 0 N–H and O–H groups in total. The molecule has 1 aromatic rings. The maximum Gasteiger partial charge on any atom is 0.190 e. The molecular weight excluding hydrogens is 368 g/mol. The lowest BCUT2D eigenvalue weighted by molar-refractivity contribution is -0.119. The van der Waals surface area contributed by atoms with Crippen molar-refractivity contribution in [1.29, 1.82) is 0 Å². The molecule has 2 atom stereocenters. The SMILES string of the molecule is CC(C)(C)C1=C/C(=C2/C=C(C(C)(C)C)C(=O)C3C=CC=CC23)c2ccccc2C1=O. The molecule has 1 aromatic carbocycles. The summed E-state index contributed by atoms with van der Waals surface area (Å²) in [4.78, 5) is 26.6. The molecule has 154 valence electrons. The zero-order chi connectivity index (χ0) is 21.8. The summed E-state index contributed by atoms with van der Waals surface area (Å²) in [6.07, 6.45) is 12.3. The predicted molar refractivity (Wildman–Crippen MR) is 123 cm³/mol. The van der Waals surface area contributed by atoms with Gasteiger partial charge < -0.3 is 0 Å². The van der Waals surface area contributed by atoms with Crippen molar-refractivity contribution in [1.82, 2.24) is 0 Å². The van der Waals surface area contributed by atoms with Crippen molar-refractivity contribution in [2.75, 3.05) is 0 Å². The summed E-state index contributed by atoms with van der Waals surface area (Å²) >= 11 is 0. The van der Waals surface area contributed by atoms with Crippen LogP contribution in [-0.4, -0.2) is 11.6 Å². The largest absolute Gasteiger partial charge is 0.294 e. The Balaban J connectivity index is 2.08. The van der Waals surface area contributed by atoms with Crippen molar-refractivity contribution in [2.24, 2.45) is 22.7 Å². The predicted octanol–water partition coefficient (Wildman–Crippen LogP) is 6.52. The van der Waals surface area contributed by atoms with E-state index in [1.54, 1.807) is 0 Å². The molecule has 3 aliphatic rings. The van der Waals surface area contributed by atoms with Gasteiger partial charge >= 0.3 is 0 Å². The Morgan fingerprint density at radius 1 is 0.700 bits per heavy atom. The highest BCUT2D eigenvalue weighted by atomic mass is 16.1. The lowest BCUT2D eigenvalue weighted by Gasteiger charge is -2.37. The van der Waals surface area contributed by atoms with E-state index < -0.39 is 0 Å². The first-order chi connectivity index (χ1) is 14.0. The maximum absolute atomic E-state index is 13.3. The maximum atomic E-state index is 13.3. The average Bonchev–Trinajstić information content (AvgIpc) is 2.67. The first kappa shape index (κ1) is 20.5. The summed E-state index contributed by atoms with van der Waals surface area (Å²) in [5, 5.41) is 0. The van der Waals surface area contributed by atoms with E-state index in [-0.39, 0.29) is 34.2 Å². The molecule has 0 heterocycles. The van der Waals surface area contributed by atoms with Crippen LogP contribution in [0.25, 0.3) is 5.57 Å². The molecule has 30 heavy (non-hydrogen) atoms. The molecule has 2 nitrogen and oxygen atoms in total. The van der Waals surface area contributed by atoms with Crippen LogP contribution in [0.4, 0.5) is 0 Å². The number of rotatable bonds is 0. The van der Waals surface area contributed by atoms with Crippen molar-refractivity contribution < 1.29 is 9.59 Å². The zero-order valence-electron chi connectivity index (χ0n) is 18.7. The lowest BCUT2D eigenvalue weighted by atomic mass is 9.65. The Morgan fingerprint density at radius 2 is 1.27 bits per heavy atom. The van der Waals surface area contributed by atoms with Crippen LogP contribution in [-0.2, 0) is 4.79 Å². The van der Waals surface area contributed by atoms with Crippen LogP contribution >= 0.6 is 0 Å². The van der Waals surface area contributed by atoms with Gasteiger partial charge in [0.05, 0.1) is 5.92 Å². The van der Waals surface area contributed by atoms with Gasteiger partial charge in [-0.05, 0) is 33.6 Å². The van der Waals surface area contributed by atoms with Gasteiger partial charge in [0.15, 0.2) is 11.6 Å². The first-order valence-corrected chi connectivity index (χ1v) is 10.7. The Kier molecular flexibility index (Phi) is 4.73. The molecule has 0 saturated heterocycles. The van der Waals surface area contributed by atoms with E-state index in [0.29, 0.717) is 0 Å². The molecule has 0 bridgehead atoms. The highest BCUT2D eigenvalue weighted by Crippen LogP contribution is 2.46. The van der Waals surface area contributed by atoms with Gasteiger partial charge in [0, 0.05) is 22.6 Å². The summed E-state index contributed by atoms with van der Waals surface area (Å²) < 4.78 is 0. The van der Waals surface area contributed by atoms with E-state index >= 15 is 0 Å². The second-order valence-corrected chi connectivity index (χ2v) is 10.5. The summed E-state index contributed by atoms with van der Waals surface area (Å²) in [6, 6.07) is 7.87. The highest BCUT2D eigenvalue weighted by molar-refractivity contribution is 6.17. The van der Waals surface area contributed by atoms with Crippen LogP contribution < -0.4 is 0 Å². The minimum Gasteiger partial charge on any atom is -0.294 e. The molecule has 3 aliphatic carbocycles. The molecule has 0 saturated carbocycles. The Hall–Kier alpha value is -2.74. The number of hydrogen-bond acceptors (Lipinski definition) is 2. The fraction of sp³-hybridized carbons (Fsp3) is 0.357. The van der Waals surface area contributed by atoms with Crippen LogP contribution in [0, 0.1) is 22.7 Å². The fourth-order valence-electron chi connectivity index (χ4n) is 4.65. The standard InChI is InChI=1S/C28H30O2/c1-27(2,3)23-15-21(17-11-7-9-13-19(17)25(23)29)22-16-24(28(4,5)6)26(30)20-14-10-8-12-18(20)22/h7-17,19H,1-6H3/b22-21+. The third-order valence-corrected chi connectivity index (χ3v) is 6.28. The van der Waals surface area contributed by atoms with Gasteiger partial charge in [-0.15, -0.1) is 0 Å². The normalized spacial score (nSPS) is 26.2. The number of fused-ring (bicyclic) bond motifs is 2. The van der Waals surface area contributed by atoms with Gasteiger partial charge in [-0.25, -0.2) is 0 Å². The van der Waals surface area contributed by atoms with Crippen molar-refractivity contribution in [3.63, 3.8) is 0 Å². The second-order valence-electron chi connectivity index (χ2n) is 10.5. The van der Waals surface area contributed by atoms with E-state index in [2.05, 4.69) is 59.8 Å². The molecule has 0 spiro atoms. The summed E-state index contributed by atoms with van der Waals surface area (Å²) in [6.45, 7) is 12.5. The van der Waals surface area contributed by atoms with E-state index in [9.17, 15) is 9.59 Å². The number of Topliss-reactive ketones (excluding diaryl/α,β-unsaturated/α-hetero) is 2. The van der Waals surface area contributed by atoms with E-state index in [0.717, 1.165) is 33.4 Å². The number of ketones is 2. The molecule has 0 aromatic heterocycles. The third-order valence-electron chi connectivity index (χ3n) is 6.28. The Bertz CT molecular complexity index is 1090. The summed E-state index contributed by atoms with van der Waals surface area (Å²) in [7, 11) is 0. The number of carbonyl (C=O) groups is 2. The molecule has 0 fully saturated rings. The fourth-order valence-corrected chi connectivity index (χ4v) is 4.65. The van der Waals surface area contributed by atoms with Crippen molar-refractivity contribution in [2.45, 2.75) is 41.5 Å². The molecule has 2 heteroatoms. The Labute approximate surface area is 179 Å². The van der Waals surface area contributed by atoms with Crippen LogP contribution in [0.5, 0.6) is 0 Å². The van der Waals surface area contributed by atoms with Crippen LogP contribution in [0.2, 0.25) is 0 Å². The van der Waals surface area contributed by atoms with Gasteiger partial charge in [0.2, 0.25) is 0 Å². The van der Waals surface area contributed by atoms with E-state index in [1.807, 2.05) is 42.5 Å². The van der Waals surface area contributed by atoms with Crippen molar-refractivity contribution in [3.8, 4) is 0 Å². The Morgan fingerprint density at radius 3 is 1.87 bits per heavy atom. The summed E-state index contributed by atoms with van der Waals surface area (Å²) in [5.74, 6) is 0.109. The van der Waals surface area contributed by atoms with Gasteiger partial charge in [-0.3, -0.25) is 9.59 Å². The lowest BCUT2D eigenvalue weighted by Crippen LogP contribution is -2.34. The minimum absolute atomic E-state index is 0.0117. The van der Waals surface area contributed by atoms with Crippen LogP contribution in [0.15, 0.2) is 77.4 Å². The number of allylic oxidation sites excluding steroid dienone is 10. The average molecular weight is 399 g/mol. The van der Waals surface area contributed by atoms with Gasteiger partial charge in [0.1, 0.15) is 0 Å². The number of carbonyl (C=O) groups excluding carboxylic acids is 2. The van der Waals surface area contributed by atoms with E-state index in [4.69, 9.17) is 0 Å². The van der Waals surface area contributed by atoms with Gasteiger partial charge in [-0.2, -0.15) is 0 Å². The first-order valence-electron chi connectivity index (χ1n) is 10.7. The van der Waals surface area contributed by atoms with Crippen molar-refractivity contribution in [3.05, 3.63) is 88.6 Å². The quantitative estimate of drug-likeness (QED) is 0.498. The van der Waals surface area contributed by atoms with Crippen LogP contribution in [0.1, 0.15) is 57.5 Å². The molecule has 0 aliphatic heterocycles.